The fraction of sp³-hybridized carbons (Fsp3) is 0.542. The number of aliphatic hydroxyl groups is 1. The molecule has 1 N–H and O–H groups in total. The van der Waals surface area contributed by atoms with Crippen molar-refractivity contribution in [2.24, 2.45) is 11.8 Å². The van der Waals surface area contributed by atoms with E-state index in [2.05, 4.69) is 4.98 Å². The first-order valence-corrected chi connectivity index (χ1v) is 13.7. The van der Waals surface area contributed by atoms with Gasteiger partial charge in [-0.25, -0.2) is 9.36 Å². The molecule has 13 heteroatoms. The molecule has 0 aliphatic carbocycles. The maximum atomic E-state index is 14.9. The average molecular weight is 542 g/mol. The van der Waals surface area contributed by atoms with Crippen LogP contribution in [0.4, 0.5) is 8.78 Å². The Bertz CT molecular complexity index is 1210. The third-order valence-electron chi connectivity index (χ3n) is 6.55. The first-order valence-electron chi connectivity index (χ1n) is 12.0. The molecular weight excluding hydrogens is 513 g/mol. The van der Waals surface area contributed by atoms with Gasteiger partial charge in [-0.1, -0.05) is 31.5 Å². The summed E-state index contributed by atoms with van der Waals surface area (Å²) >= 11 is 0. The van der Waals surface area contributed by atoms with Crippen molar-refractivity contribution in [3.8, 4) is 5.75 Å². The second kappa shape index (κ2) is 11.0. The van der Waals surface area contributed by atoms with Crippen LogP contribution >= 0.6 is 7.60 Å². The molecule has 2 fully saturated rings. The molecule has 3 heterocycles. The van der Waals surface area contributed by atoms with Gasteiger partial charge in [0, 0.05) is 11.9 Å². The van der Waals surface area contributed by atoms with Gasteiger partial charge in [0.25, 0.3) is 0 Å². The minimum absolute atomic E-state index is 0.178. The van der Waals surface area contributed by atoms with Crippen LogP contribution < -0.4 is 10.2 Å². The number of carbonyl (C=O) groups is 1. The highest BCUT2D eigenvalue weighted by Gasteiger charge is 2.60. The maximum Gasteiger partial charge on any atom is 0.379 e. The van der Waals surface area contributed by atoms with Crippen LogP contribution in [0.1, 0.15) is 31.7 Å². The standard InChI is InChI=1S/C24H29F2N2O8P/c1-3-16(18-10-12-33-21(18)30)14-37(32,36-17-7-5-4-6-8-17)34-13-19-20(29)24(25,26)22(35-19)28-11-9-15(2)27-23(28)31/h4-9,11,16,18-20,22,29H,3,10,12-14H2,1-2H3. The monoisotopic (exact) mass is 542 g/mol. The quantitative estimate of drug-likeness (QED) is 0.355. The zero-order valence-corrected chi connectivity index (χ0v) is 21.3. The molecule has 2 aliphatic rings. The van der Waals surface area contributed by atoms with Crippen molar-refractivity contribution in [1.29, 1.82) is 0 Å². The van der Waals surface area contributed by atoms with Gasteiger partial charge in [-0.05, 0) is 37.5 Å². The fourth-order valence-electron chi connectivity index (χ4n) is 4.50. The molecule has 1 aromatic heterocycles. The summed E-state index contributed by atoms with van der Waals surface area (Å²) in [5, 5.41) is 10.3. The van der Waals surface area contributed by atoms with Crippen molar-refractivity contribution in [3.05, 3.63) is 58.8 Å². The summed E-state index contributed by atoms with van der Waals surface area (Å²) in [6.07, 6.45) is -4.27. The Morgan fingerprint density at radius 3 is 2.62 bits per heavy atom. The summed E-state index contributed by atoms with van der Waals surface area (Å²) in [5.41, 5.74) is -0.635. The maximum absolute atomic E-state index is 14.9. The molecule has 2 aromatic rings. The molecule has 0 bridgehead atoms. The zero-order chi connectivity index (χ0) is 26.8. The fourth-order valence-corrected chi connectivity index (χ4v) is 6.63. The van der Waals surface area contributed by atoms with Crippen molar-refractivity contribution in [2.75, 3.05) is 19.4 Å². The molecular formula is C24H29F2N2O8P. The molecule has 0 saturated carbocycles. The largest absolute Gasteiger partial charge is 0.465 e. The van der Waals surface area contributed by atoms with Gasteiger partial charge < -0.3 is 19.1 Å². The lowest BCUT2D eigenvalue weighted by Gasteiger charge is -2.27. The van der Waals surface area contributed by atoms with E-state index in [0.29, 0.717) is 23.1 Å². The average Bonchev–Trinajstić information content (AvgIpc) is 3.38. The highest BCUT2D eigenvalue weighted by Crippen LogP contribution is 2.53. The molecule has 0 radical (unpaired) electrons. The number of nitrogens with zero attached hydrogens (tertiary/aromatic N) is 2. The number of aliphatic hydroxyl groups excluding tert-OH is 1. The highest BCUT2D eigenvalue weighted by molar-refractivity contribution is 7.54. The van der Waals surface area contributed by atoms with Crippen LogP contribution in [0.2, 0.25) is 0 Å². The Kier molecular flexibility index (Phi) is 8.13. The van der Waals surface area contributed by atoms with E-state index in [1.807, 2.05) is 6.92 Å². The molecule has 1 aromatic carbocycles. The molecule has 37 heavy (non-hydrogen) atoms. The number of hydrogen-bond acceptors (Lipinski definition) is 9. The number of esters is 1. The molecule has 10 nitrogen and oxygen atoms in total. The second-order valence-corrected chi connectivity index (χ2v) is 11.2. The summed E-state index contributed by atoms with van der Waals surface area (Å²) in [6, 6.07) is 9.53. The minimum Gasteiger partial charge on any atom is -0.465 e. The van der Waals surface area contributed by atoms with E-state index in [1.165, 1.54) is 13.0 Å². The van der Waals surface area contributed by atoms with Crippen LogP contribution in [0.15, 0.2) is 47.4 Å². The van der Waals surface area contributed by atoms with Crippen LogP contribution in [0.3, 0.4) is 0 Å². The minimum atomic E-state index is -4.05. The van der Waals surface area contributed by atoms with Gasteiger partial charge in [-0.2, -0.15) is 13.8 Å². The van der Waals surface area contributed by atoms with Crippen LogP contribution in [0.25, 0.3) is 0 Å². The van der Waals surface area contributed by atoms with E-state index in [1.54, 1.807) is 30.3 Å². The molecule has 0 spiro atoms. The summed E-state index contributed by atoms with van der Waals surface area (Å²) in [4.78, 5) is 28.0. The number of rotatable bonds is 10. The van der Waals surface area contributed by atoms with Gasteiger partial charge in [-0.3, -0.25) is 13.9 Å². The number of aryl methyl sites for hydroxylation is 1. The Hall–Kier alpha value is -2.66. The van der Waals surface area contributed by atoms with Gasteiger partial charge in [0.05, 0.1) is 25.3 Å². The van der Waals surface area contributed by atoms with Crippen molar-refractivity contribution in [3.63, 3.8) is 0 Å². The number of cyclic esters (lactones) is 1. The number of ether oxygens (including phenoxy) is 2. The summed E-state index contributed by atoms with van der Waals surface area (Å²) in [6.45, 7) is 2.91. The third kappa shape index (κ3) is 5.93. The number of para-hydroxylation sites is 1. The Balaban J connectivity index is 1.54. The SMILES string of the molecule is CCC(CP(=O)(OCC1OC(n2ccc(C)nc2=O)C(F)(F)C1O)Oc1ccccc1)C1CCOC1=O. The number of alkyl halides is 2. The first-order chi connectivity index (χ1) is 17.5. The van der Waals surface area contributed by atoms with Gasteiger partial charge >= 0.3 is 25.2 Å². The number of carbonyl (C=O) groups excluding carboxylic acids is 1. The Morgan fingerprint density at radius 2 is 2.00 bits per heavy atom. The van der Waals surface area contributed by atoms with E-state index in [4.69, 9.17) is 18.5 Å². The van der Waals surface area contributed by atoms with Crippen LogP contribution in [0.5, 0.6) is 5.75 Å². The number of hydrogen-bond donors (Lipinski definition) is 1. The predicted molar refractivity (Wildman–Crippen MR) is 126 cm³/mol. The van der Waals surface area contributed by atoms with E-state index in [0.717, 1.165) is 6.20 Å². The normalized spacial score (nSPS) is 27.4. The van der Waals surface area contributed by atoms with E-state index >= 15 is 0 Å². The van der Waals surface area contributed by atoms with Crippen molar-refractivity contribution in [1.82, 2.24) is 9.55 Å². The Morgan fingerprint density at radius 1 is 1.27 bits per heavy atom. The van der Waals surface area contributed by atoms with Crippen LogP contribution in [0, 0.1) is 18.8 Å². The van der Waals surface area contributed by atoms with Gasteiger partial charge in [0.2, 0.25) is 6.23 Å². The van der Waals surface area contributed by atoms with Crippen molar-refractivity contribution < 1.29 is 41.8 Å². The van der Waals surface area contributed by atoms with Crippen molar-refractivity contribution >= 4 is 13.6 Å². The molecule has 202 valence electrons. The first kappa shape index (κ1) is 27.4. The second-order valence-electron chi connectivity index (χ2n) is 9.13. The number of halogens is 2. The molecule has 2 aliphatic heterocycles. The summed E-state index contributed by atoms with van der Waals surface area (Å²) < 4.78 is 66.0. The topological polar surface area (TPSA) is 126 Å². The highest BCUT2D eigenvalue weighted by atomic mass is 31.2. The summed E-state index contributed by atoms with van der Waals surface area (Å²) in [7, 11) is -4.05. The molecule has 2 saturated heterocycles. The number of aromatic nitrogens is 2. The molecule has 6 unspecified atom stereocenters. The van der Waals surface area contributed by atoms with Gasteiger partial charge in [0.15, 0.2) is 6.10 Å². The number of benzene rings is 1. The van der Waals surface area contributed by atoms with E-state index in [9.17, 15) is 28.0 Å². The smallest absolute Gasteiger partial charge is 0.379 e. The predicted octanol–water partition coefficient (Wildman–Crippen LogP) is 3.32. The lowest BCUT2D eigenvalue weighted by atomic mass is 9.91. The van der Waals surface area contributed by atoms with E-state index in [-0.39, 0.29) is 18.5 Å². The van der Waals surface area contributed by atoms with E-state index < -0.39 is 62.1 Å². The molecule has 0 amide bonds. The molecule has 4 rings (SSSR count). The molecule has 6 atom stereocenters. The lowest BCUT2D eigenvalue weighted by Crippen LogP contribution is -2.42. The third-order valence-corrected chi connectivity index (χ3v) is 8.50. The Labute approximate surface area is 212 Å². The van der Waals surface area contributed by atoms with Gasteiger partial charge in [-0.15, -0.1) is 0 Å². The van der Waals surface area contributed by atoms with Crippen LogP contribution in [-0.2, 0) is 23.4 Å². The van der Waals surface area contributed by atoms with Crippen molar-refractivity contribution in [2.45, 2.75) is 51.0 Å². The lowest BCUT2D eigenvalue weighted by molar-refractivity contribution is -0.142. The van der Waals surface area contributed by atoms with Crippen LogP contribution in [-0.4, -0.2) is 58.1 Å². The zero-order valence-electron chi connectivity index (χ0n) is 20.4. The van der Waals surface area contributed by atoms with Gasteiger partial charge in [0.1, 0.15) is 11.9 Å². The summed E-state index contributed by atoms with van der Waals surface area (Å²) in [5.74, 6) is -4.94.